The molecule has 1 aromatic carbocycles. The summed E-state index contributed by atoms with van der Waals surface area (Å²) in [4.78, 5) is 23.1. The zero-order chi connectivity index (χ0) is 14.9. The van der Waals surface area contributed by atoms with Gasteiger partial charge in [-0.05, 0) is 76.6 Å². The van der Waals surface area contributed by atoms with Crippen LogP contribution in [-0.2, 0) is 4.79 Å². The van der Waals surface area contributed by atoms with Crippen molar-refractivity contribution in [1.29, 1.82) is 0 Å². The summed E-state index contributed by atoms with van der Waals surface area (Å²) in [5, 5.41) is 21.7. The average Bonchev–Trinajstić information content (AvgIpc) is 2.82. The van der Waals surface area contributed by atoms with E-state index in [0.717, 1.165) is 3.57 Å². The van der Waals surface area contributed by atoms with Crippen molar-refractivity contribution in [2.75, 3.05) is 0 Å². The molecule has 5 nitrogen and oxygen atoms in total. The maximum atomic E-state index is 12.2. The van der Waals surface area contributed by atoms with Crippen LogP contribution in [0.2, 0.25) is 0 Å². The van der Waals surface area contributed by atoms with Gasteiger partial charge >= 0.3 is 5.97 Å². The molecule has 0 unspecified atom stereocenters. The first-order chi connectivity index (χ1) is 9.38. The fourth-order valence-corrected chi connectivity index (χ4v) is 4.18. The monoisotopic (exact) mass is 501 g/mol. The van der Waals surface area contributed by atoms with Gasteiger partial charge in [-0.1, -0.05) is 0 Å². The Bertz CT molecular complexity index is 562. The van der Waals surface area contributed by atoms with Gasteiger partial charge in [0.05, 0.1) is 15.1 Å². The zero-order valence-electron chi connectivity index (χ0n) is 10.4. The number of nitrogens with one attached hydrogen (secondary N) is 1. The molecule has 20 heavy (non-hydrogen) atoms. The number of carboxylic acids is 1. The topological polar surface area (TPSA) is 86.6 Å². The summed E-state index contributed by atoms with van der Waals surface area (Å²) < 4.78 is 1.49. The fourth-order valence-electron chi connectivity index (χ4n) is 2.34. The second-order valence-electron chi connectivity index (χ2n) is 4.80. The number of hydrogen-bond acceptors (Lipinski definition) is 3. The summed E-state index contributed by atoms with van der Waals surface area (Å²) in [6.45, 7) is 0. The standard InChI is InChI=1S/C13H13I2NO4/c14-7-4-9(11(17)10(15)5-7)12(18)16-8-2-1-6(3-8)13(19)20/h4-6,8,17H,1-3H2,(H,16,18)(H,19,20)/t6-,8+/m1/s1. The summed E-state index contributed by atoms with van der Waals surface area (Å²) in [5.41, 5.74) is 0.236. The number of aromatic hydroxyl groups is 1. The van der Waals surface area contributed by atoms with Crippen LogP contribution in [0.25, 0.3) is 0 Å². The number of amides is 1. The van der Waals surface area contributed by atoms with Crippen LogP contribution in [0.1, 0.15) is 29.6 Å². The van der Waals surface area contributed by atoms with Gasteiger partial charge in [0.2, 0.25) is 0 Å². The second kappa shape index (κ2) is 6.46. The Hall–Kier alpha value is -0.580. The van der Waals surface area contributed by atoms with Gasteiger partial charge in [-0.3, -0.25) is 9.59 Å². The van der Waals surface area contributed by atoms with E-state index in [2.05, 4.69) is 27.9 Å². The molecule has 0 saturated heterocycles. The molecule has 7 heteroatoms. The van der Waals surface area contributed by atoms with E-state index in [1.807, 2.05) is 22.6 Å². The number of aliphatic carboxylic acids is 1. The van der Waals surface area contributed by atoms with E-state index in [9.17, 15) is 14.7 Å². The van der Waals surface area contributed by atoms with Crippen molar-refractivity contribution in [2.45, 2.75) is 25.3 Å². The lowest BCUT2D eigenvalue weighted by Crippen LogP contribution is -2.33. The predicted molar refractivity (Wildman–Crippen MR) is 89.8 cm³/mol. The number of phenolic OH excluding ortho intramolecular Hbond substituents is 1. The first-order valence-corrected chi connectivity index (χ1v) is 8.26. The average molecular weight is 501 g/mol. The molecule has 0 bridgehead atoms. The predicted octanol–water partition coefficient (Wildman–Crippen LogP) is 2.58. The molecule has 1 aromatic rings. The molecule has 1 amide bonds. The van der Waals surface area contributed by atoms with Gasteiger partial charge < -0.3 is 15.5 Å². The maximum absolute atomic E-state index is 12.2. The minimum Gasteiger partial charge on any atom is -0.506 e. The van der Waals surface area contributed by atoms with Crippen molar-refractivity contribution in [3.63, 3.8) is 0 Å². The van der Waals surface area contributed by atoms with Crippen LogP contribution in [0.3, 0.4) is 0 Å². The van der Waals surface area contributed by atoms with E-state index in [1.165, 1.54) is 0 Å². The molecule has 0 aliphatic heterocycles. The summed E-state index contributed by atoms with van der Waals surface area (Å²) in [7, 11) is 0. The number of rotatable bonds is 3. The highest BCUT2D eigenvalue weighted by atomic mass is 127. The lowest BCUT2D eigenvalue weighted by atomic mass is 10.1. The molecule has 0 radical (unpaired) electrons. The Balaban J connectivity index is 2.08. The van der Waals surface area contributed by atoms with Crippen LogP contribution in [0.4, 0.5) is 0 Å². The molecule has 108 valence electrons. The second-order valence-corrected chi connectivity index (χ2v) is 7.21. The molecule has 0 aromatic heterocycles. The van der Waals surface area contributed by atoms with Crippen molar-refractivity contribution in [3.05, 3.63) is 24.8 Å². The molecule has 2 rings (SSSR count). The molecule has 1 aliphatic rings. The smallest absolute Gasteiger partial charge is 0.306 e. The molecule has 1 fully saturated rings. The third-order valence-corrected chi connectivity index (χ3v) is 4.84. The highest BCUT2D eigenvalue weighted by Crippen LogP contribution is 2.29. The van der Waals surface area contributed by atoms with Gasteiger partial charge in [0.15, 0.2) is 0 Å². The highest BCUT2D eigenvalue weighted by molar-refractivity contribution is 14.1. The third kappa shape index (κ3) is 3.54. The van der Waals surface area contributed by atoms with Gasteiger partial charge in [-0.2, -0.15) is 0 Å². The Morgan fingerprint density at radius 2 is 1.95 bits per heavy atom. The van der Waals surface area contributed by atoms with E-state index in [-0.39, 0.29) is 29.2 Å². The lowest BCUT2D eigenvalue weighted by molar-refractivity contribution is -0.141. The molecule has 0 spiro atoms. The number of hydrogen-bond donors (Lipinski definition) is 3. The molecule has 1 aliphatic carbocycles. The van der Waals surface area contributed by atoms with E-state index in [0.29, 0.717) is 22.8 Å². The SMILES string of the molecule is O=C(N[C@H]1CC[C@@H](C(=O)O)C1)c1cc(I)cc(I)c1O. The first kappa shape index (κ1) is 15.8. The van der Waals surface area contributed by atoms with Crippen molar-refractivity contribution in [1.82, 2.24) is 5.32 Å². The Labute approximate surface area is 143 Å². The minimum atomic E-state index is -0.812. The summed E-state index contributed by atoms with van der Waals surface area (Å²) in [6.07, 6.45) is 1.68. The molecular weight excluding hydrogens is 488 g/mol. The van der Waals surface area contributed by atoms with Crippen molar-refractivity contribution >= 4 is 57.1 Å². The normalized spacial score (nSPS) is 21.7. The van der Waals surface area contributed by atoms with Crippen LogP contribution in [0, 0.1) is 13.1 Å². The van der Waals surface area contributed by atoms with Gasteiger partial charge in [-0.15, -0.1) is 0 Å². The van der Waals surface area contributed by atoms with Crippen LogP contribution in [0.5, 0.6) is 5.75 Å². The van der Waals surface area contributed by atoms with Crippen molar-refractivity contribution < 1.29 is 19.8 Å². The fraction of sp³-hybridized carbons (Fsp3) is 0.385. The minimum absolute atomic E-state index is 0.0312. The molecular formula is C13H13I2NO4. The van der Waals surface area contributed by atoms with Gasteiger partial charge in [0, 0.05) is 9.61 Å². The van der Waals surface area contributed by atoms with E-state index < -0.39 is 5.97 Å². The van der Waals surface area contributed by atoms with Gasteiger partial charge in [0.25, 0.3) is 5.91 Å². The van der Waals surface area contributed by atoms with E-state index in [4.69, 9.17) is 5.11 Å². The number of halogens is 2. The maximum Gasteiger partial charge on any atom is 0.306 e. The summed E-state index contributed by atoms with van der Waals surface area (Å²) in [5.74, 6) is -1.58. The summed E-state index contributed by atoms with van der Waals surface area (Å²) in [6, 6.07) is 3.26. The lowest BCUT2D eigenvalue weighted by Gasteiger charge is -2.14. The number of benzene rings is 1. The Morgan fingerprint density at radius 1 is 1.25 bits per heavy atom. The van der Waals surface area contributed by atoms with Gasteiger partial charge in [-0.25, -0.2) is 0 Å². The number of phenols is 1. The molecule has 2 atom stereocenters. The molecule has 0 heterocycles. The van der Waals surface area contributed by atoms with Crippen molar-refractivity contribution in [2.24, 2.45) is 5.92 Å². The largest absolute Gasteiger partial charge is 0.506 e. The first-order valence-electron chi connectivity index (χ1n) is 6.10. The Morgan fingerprint density at radius 3 is 2.55 bits per heavy atom. The molecule has 1 saturated carbocycles. The van der Waals surface area contributed by atoms with Gasteiger partial charge in [0.1, 0.15) is 5.75 Å². The number of carbonyl (C=O) groups is 2. The van der Waals surface area contributed by atoms with Crippen LogP contribution in [-0.4, -0.2) is 28.1 Å². The third-order valence-electron chi connectivity index (χ3n) is 3.39. The molecule has 3 N–H and O–H groups in total. The number of carbonyl (C=O) groups excluding carboxylic acids is 1. The van der Waals surface area contributed by atoms with Crippen LogP contribution < -0.4 is 5.32 Å². The number of carboxylic acid groups (broad SMARTS) is 1. The van der Waals surface area contributed by atoms with E-state index in [1.54, 1.807) is 12.1 Å². The Kier molecular flexibility index (Phi) is 5.10. The quantitative estimate of drug-likeness (QED) is 0.557. The van der Waals surface area contributed by atoms with Crippen LogP contribution in [0.15, 0.2) is 12.1 Å². The van der Waals surface area contributed by atoms with Crippen molar-refractivity contribution in [3.8, 4) is 5.75 Å². The van der Waals surface area contributed by atoms with E-state index >= 15 is 0 Å². The van der Waals surface area contributed by atoms with Crippen LogP contribution >= 0.6 is 45.2 Å². The zero-order valence-corrected chi connectivity index (χ0v) is 14.7. The highest BCUT2D eigenvalue weighted by Gasteiger charge is 2.31. The summed E-state index contributed by atoms with van der Waals surface area (Å²) >= 11 is 4.06.